The second-order valence-corrected chi connectivity index (χ2v) is 4.24. The van der Waals surface area contributed by atoms with Crippen LogP contribution in [0.15, 0.2) is 0 Å². The number of piperazine rings is 1. The predicted octanol–water partition coefficient (Wildman–Crippen LogP) is -3.44. The van der Waals surface area contributed by atoms with Crippen LogP contribution in [-0.4, -0.2) is 69.3 Å². The Balaban J connectivity index is 0.00000169. The number of nitrogens with zero attached hydrogens (tertiary/aromatic N) is 2. The van der Waals surface area contributed by atoms with Crippen molar-refractivity contribution in [1.29, 1.82) is 0 Å². The van der Waals surface area contributed by atoms with Crippen LogP contribution in [0.2, 0.25) is 0 Å². The zero-order valence-electron chi connectivity index (χ0n) is 9.12. The summed E-state index contributed by atoms with van der Waals surface area (Å²) < 4.78 is 5.67. The fourth-order valence-electron chi connectivity index (χ4n) is 1.45. The maximum atomic E-state index is 11.0. The highest BCUT2D eigenvalue weighted by molar-refractivity contribution is 5.71. The maximum absolute atomic E-state index is 11.0. The van der Waals surface area contributed by atoms with Gasteiger partial charge >= 0.3 is 5.97 Å². The molecule has 1 heterocycles. The Labute approximate surface area is 103 Å². The molecule has 1 saturated heterocycles. The van der Waals surface area contributed by atoms with Crippen LogP contribution >= 0.6 is 0 Å². The summed E-state index contributed by atoms with van der Waals surface area (Å²) in [4.78, 5) is 13.1. The normalized spacial score (nSPS) is 21.1. The number of methoxy groups -OCH3 is 1. The lowest BCUT2D eigenvalue weighted by Gasteiger charge is -2.38. The minimum absolute atomic E-state index is 0. The number of ether oxygens (including phenoxy) is 1. The third-order valence-corrected chi connectivity index (χ3v) is 2.62. The van der Waals surface area contributed by atoms with E-state index in [9.17, 15) is 4.79 Å². The standard InChI is InChI=1S/C9H19N2O2.HI/c1-11(2)6-4-10(5-7-11)8-9(12)13-3;/h4-8H2,1-3H3;1H/q+1;/p-1. The van der Waals surface area contributed by atoms with E-state index >= 15 is 0 Å². The molecule has 14 heavy (non-hydrogen) atoms. The van der Waals surface area contributed by atoms with E-state index in [-0.39, 0.29) is 29.9 Å². The molecule has 1 aliphatic rings. The number of hydrogen-bond acceptors (Lipinski definition) is 3. The summed E-state index contributed by atoms with van der Waals surface area (Å²) in [6.07, 6.45) is 0. The molecule has 4 nitrogen and oxygen atoms in total. The molecular formula is C9H19IN2O2. The molecule has 5 heteroatoms. The van der Waals surface area contributed by atoms with Gasteiger partial charge in [-0.2, -0.15) is 0 Å². The third kappa shape index (κ3) is 4.56. The number of halogens is 1. The fourth-order valence-corrected chi connectivity index (χ4v) is 1.45. The highest BCUT2D eigenvalue weighted by Crippen LogP contribution is 2.05. The Kier molecular flexibility index (Phi) is 5.92. The smallest absolute Gasteiger partial charge is 0.319 e. The minimum Gasteiger partial charge on any atom is -1.00 e. The van der Waals surface area contributed by atoms with E-state index in [1.807, 2.05) is 0 Å². The van der Waals surface area contributed by atoms with Gasteiger partial charge in [-0.25, -0.2) is 0 Å². The summed E-state index contributed by atoms with van der Waals surface area (Å²) in [5.41, 5.74) is 0. The topological polar surface area (TPSA) is 29.5 Å². The SMILES string of the molecule is COC(=O)CN1CC[N+](C)(C)CC1.[I-]. The third-order valence-electron chi connectivity index (χ3n) is 2.62. The molecule has 0 aromatic carbocycles. The van der Waals surface area contributed by atoms with Gasteiger partial charge in [-0.3, -0.25) is 9.69 Å². The van der Waals surface area contributed by atoms with E-state index in [4.69, 9.17) is 0 Å². The van der Waals surface area contributed by atoms with Crippen molar-refractivity contribution < 1.29 is 38.0 Å². The van der Waals surface area contributed by atoms with Gasteiger partial charge < -0.3 is 33.2 Å². The van der Waals surface area contributed by atoms with Gasteiger partial charge in [0.25, 0.3) is 0 Å². The van der Waals surface area contributed by atoms with Gasteiger partial charge in [0, 0.05) is 13.1 Å². The molecule has 1 fully saturated rings. The van der Waals surface area contributed by atoms with Crippen LogP contribution in [0.3, 0.4) is 0 Å². The monoisotopic (exact) mass is 314 g/mol. The largest absolute Gasteiger partial charge is 1.00 e. The first-order valence-corrected chi connectivity index (χ1v) is 4.65. The number of esters is 1. The number of quaternary nitrogens is 1. The van der Waals surface area contributed by atoms with Crippen molar-refractivity contribution >= 4 is 5.97 Å². The van der Waals surface area contributed by atoms with E-state index in [2.05, 4.69) is 23.7 Å². The van der Waals surface area contributed by atoms with Crippen molar-refractivity contribution in [1.82, 2.24) is 4.90 Å². The molecule has 0 spiro atoms. The molecule has 0 radical (unpaired) electrons. The van der Waals surface area contributed by atoms with Crippen LogP contribution in [0.5, 0.6) is 0 Å². The molecule has 0 saturated carbocycles. The van der Waals surface area contributed by atoms with E-state index in [0.29, 0.717) is 6.54 Å². The predicted molar refractivity (Wildman–Crippen MR) is 50.3 cm³/mol. The van der Waals surface area contributed by atoms with Crippen LogP contribution < -0.4 is 24.0 Å². The summed E-state index contributed by atoms with van der Waals surface area (Å²) in [7, 11) is 5.87. The van der Waals surface area contributed by atoms with Crippen molar-refractivity contribution in [3.63, 3.8) is 0 Å². The van der Waals surface area contributed by atoms with Crippen LogP contribution in [0.25, 0.3) is 0 Å². The Hall–Kier alpha value is 0.120. The Morgan fingerprint density at radius 3 is 2.29 bits per heavy atom. The fraction of sp³-hybridized carbons (Fsp3) is 0.889. The maximum Gasteiger partial charge on any atom is 0.319 e. The molecule has 0 aromatic rings. The average molecular weight is 314 g/mol. The summed E-state index contributed by atoms with van der Waals surface area (Å²) in [5.74, 6) is -0.132. The van der Waals surface area contributed by atoms with Crippen LogP contribution in [0, 0.1) is 0 Å². The Morgan fingerprint density at radius 2 is 1.86 bits per heavy atom. The molecular weight excluding hydrogens is 295 g/mol. The second-order valence-electron chi connectivity index (χ2n) is 4.24. The lowest BCUT2D eigenvalue weighted by molar-refractivity contribution is -0.894. The summed E-state index contributed by atoms with van der Waals surface area (Å²) in [6, 6.07) is 0. The highest BCUT2D eigenvalue weighted by atomic mass is 127. The lowest BCUT2D eigenvalue weighted by Crippen LogP contribution is -3.00. The van der Waals surface area contributed by atoms with Crippen LogP contribution in [0.1, 0.15) is 0 Å². The van der Waals surface area contributed by atoms with Gasteiger partial charge in [0.1, 0.15) is 0 Å². The van der Waals surface area contributed by atoms with Gasteiger partial charge in [0.15, 0.2) is 0 Å². The molecule has 0 N–H and O–H groups in total. The van der Waals surface area contributed by atoms with Gasteiger partial charge in [0.05, 0.1) is 40.8 Å². The van der Waals surface area contributed by atoms with Crippen molar-refractivity contribution in [3.8, 4) is 0 Å². The molecule has 0 unspecified atom stereocenters. The molecule has 0 aliphatic carbocycles. The summed E-state index contributed by atoms with van der Waals surface area (Å²) >= 11 is 0. The van der Waals surface area contributed by atoms with E-state index in [1.54, 1.807) is 0 Å². The zero-order chi connectivity index (χ0) is 9.90. The van der Waals surface area contributed by atoms with Crippen LogP contribution in [-0.2, 0) is 9.53 Å². The van der Waals surface area contributed by atoms with Crippen molar-refractivity contribution in [2.75, 3.05) is 53.9 Å². The number of carbonyl (C=O) groups excluding carboxylic acids is 1. The molecule has 0 amide bonds. The average Bonchev–Trinajstić information content (AvgIpc) is 2.08. The summed E-state index contributed by atoms with van der Waals surface area (Å²) in [5, 5.41) is 0. The van der Waals surface area contributed by atoms with E-state index < -0.39 is 0 Å². The number of hydrogen-bond donors (Lipinski definition) is 0. The van der Waals surface area contributed by atoms with Crippen molar-refractivity contribution in [2.24, 2.45) is 0 Å². The Morgan fingerprint density at radius 1 is 1.36 bits per heavy atom. The first kappa shape index (κ1) is 14.1. The summed E-state index contributed by atoms with van der Waals surface area (Å²) in [6.45, 7) is 4.63. The number of likely N-dealkylation sites (N-methyl/N-ethyl adjacent to an activating group) is 1. The molecule has 1 aliphatic heterocycles. The van der Waals surface area contributed by atoms with E-state index in [1.165, 1.54) is 7.11 Å². The van der Waals surface area contributed by atoms with Gasteiger partial charge in [-0.15, -0.1) is 0 Å². The molecule has 0 bridgehead atoms. The van der Waals surface area contributed by atoms with Crippen LogP contribution in [0.4, 0.5) is 0 Å². The first-order chi connectivity index (χ1) is 6.03. The first-order valence-electron chi connectivity index (χ1n) is 4.65. The lowest BCUT2D eigenvalue weighted by atomic mass is 10.3. The minimum atomic E-state index is -0.132. The Bertz CT molecular complexity index is 187. The van der Waals surface area contributed by atoms with Gasteiger partial charge in [-0.1, -0.05) is 0 Å². The molecule has 84 valence electrons. The van der Waals surface area contributed by atoms with Gasteiger partial charge in [0.2, 0.25) is 0 Å². The quantitative estimate of drug-likeness (QED) is 0.302. The second kappa shape index (κ2) is 5.87. The number of rotatable bonds is 2. The molecule has 1 rings (SSSR count). The van der Waals surface area contributed by atoms with Gasteiger partial charge in [-0.05, 0) is 0 Å². The van der Waals surface area contributed by atoms with Crippen molar-refractivity contribution in [2.45, 2.75) is 0 Å². The van der Waals surface area contributed by atoms with Crippen molar-refractivity contribution in [3.05, 3.63) is 0 Å². The molecule has 0 atom stereocenters. The molecule has 0 aromatic heterocycles. The highest BCUT2D eigenvalue weighted by Gasteiger charge is 2.25. The number of carbonyl (C=O) groups is 1. The van der Waals surface area contributed by atoms with E-state index in [0.717, 1.165) is 30.7 Å². The zero-order valence-corrected chi connectivity index (χ0v) is 11.3.